The molecule has 3 heteroatoms. The second-order valence-corrected chi connectivity index (χ2v) is 4.25. The monoisotopic (exact) mass is 223 g/mol. The summed E-state index contributed by atoms with van der Waals surface area (Å²) in [6.07, 6.45) is -0.467. The van der Waals surface area contributed by atoms with E-state index in [2.05, 4.69) is 24.4 Å². The van der Waals surface area contributed by atoms with Crippen molar-refractivity contribution < 1.29 is 9.84 Å². The lowest BCUT2D eigenvalue weighted by atomic mass is 10.1. The summed E-state index contributed by atoms with van der Waals surface area (Å²) in [6, 6.07) is 4.18. The Morgan fingerprint density at radius 3 is 2.31 bits per heavy atom. The third-order valence-electron chi connectivity index (χ3n) is 2.46. The fraction of sp³-hybridized carbons (Fsp3) is 0.538. The van der Waals surface area contributed by atoms with Gasteiger partial charge in [-0.25, -0.2) is 0 Å². The Labute approximate surface area is 97.4 Å². The van der Waals surface area contributed by atoms with Gasteiger partial charge in [0.1, 0.15) is 18.5 Å². The minimum atomic E-state index is -0.467. The number of aryl methyl sites for hydroxylation is 3. The van der Waals surface area contributed by atoms with Crippen LogP contribution in [-0.4, -0.2) is 31.4 Å². The molecule has 0 radical (unpaired) electrons. The summed E-state index contributed by atoms with van der Waals surface area (Å²) in [6.45, 7) is 6.99. The Morgan fingerprint density at radius 2 is 1.81 bits per heavy atom. The zero-order chi connectivity index (χ0) is 12.1. The normalized spacial score (nSPS) is 12.6. The van der Waals surface area contributed by atoms with E-state index in [1.54, 1.807) is 0 Å². The predicted molar refractivity (Wildman–Crippen MR) is 66.1 cm³/mol. The molecule has 0 saturated heterocycles. The summed E-state index contributed by atoms with van der Waals surface area (Å²) in [5.74, 6) is 0.890. The SMILES string of the molecule is CNCC(O)COc1c(C)cc(C)cc1C. The summed E-state index contributed by atoms with van der Waals surface area (Å²) < 4.78 is 5.65. The maximum atomic E-state index is 9.56. The number of hydrogen-bond donors (Lipinski definition) is 2. The van der Waals surface area contributed by atoms with Gasteiger partial charge in [-0.3, -0.25) is 0 Å². The van der Waals surface area contributed by atoms with Gasteiger partial charge >= 0.3 is 0 Å². The Bertz CT molecular complexity index is 327. The second-order valence-electron chi connectivity index (χ2n) is 4.25. The minimum absolute atomic E-state index is 0.325. The van der Waals surface area contributed by atoms with Crippen molar-refractivity contribution >= 4 is 0 Å². The third kappa shape index (κ3) is 3.51. The van der Waals surface area contributed by atoms with Crippen LogP contribution in [0.5, 0.6) is 5.75 Å². The van der Waals surface area contributed by atoms with Crippen molar-refractivity contribution in [3.05, 3.63) is 28.8 Å². The fourth-order valence-corrected chi connectivity index (χ4v) is 1.87. The third-order valence-corrected chi connectivity index (χ3v) is 2.46. The first kappa shape index (κ1) is 13.0. The molecule has 0 saturated carbocycles. The summed E-state index contributed by atoms with van der Waals surface area (Å²) >= 11 is 0. The molecule has 0 bridgehead atoms. The molecule has 0 amide bonds. The van der Waals surface area contributed by atoms with Crippen molar-refractivity contribution in [1.29, 1.82) is 0 Å². The van der Waals surface area contributed by atoms with Gasteiger partial charge in [0.15, 0.2) is 0 Å². The molecule has 90 valence electrons. The van der Waals surface area contributed by atoms with Crippen molar-refractivity contribution in [3.63, 3.8) is 0 Å². The lowest BCUT2D eigenvalue weighted by molar-refractivity contribution is 0.107. The standard InChI is InChI=1S/C13H21NO2/c1-9-5-10(2)13(11(3)6-9)16-8-12(15)7-14-4/h5-6,12,14-15H,7-8H2,1-4H3. The largest absolute Gasteiger partial charge is 0.490 e. The highest BCUT2D eigenvalue weighted by atomic mass is 16.5. The average molecular weight is 223 g/mol. The number of hydrogen-bond acceptors (Lipinski definition) is 3. The van der Waals surface area contributed by atoms with Crippen LogP contribution in [0.3, 0.4) is 0 Å². The molecule has 0 aliphatic carbocycles. The van der Waals surface area contributed by atoms with Crippen LogP contribution in [0.15, 0.2) is 12.1 Å². The van der Waals surface area contributed by atoms with E-state index in [-0.39, 0.29) is 0 Å². The summed E-state index contributed by atoms with van der Waals surface area (Å²) in [4.78, 5) is 0. The smallest absolute Gasteiger partial charge is 0.125 e. The molecule has 0 heterocycles. The number of nitrogens with one attached hydrogen (secondary N) is 1. The minimum Gasteiger partial charge on any atom is -0.490 e. The Hall–Kier alpha value is -1.06. The van der Waals surface area contributed by atoms with E-state index in [0.29, 0.717) is 13.2 Å². The van der Waals surface area contributed by atoms with Crippen LogP contribution in [0.4, 0.5) is 0 Å². The first-order valence-electron chi connectivity index (χ1n) is 5.58. The van der Waals surface area contributed by atoms with Gasteiger partial charge in [0, 0.05) is 6.54 Å². The molecular weight excluding hydrogens is 202 g/mol. The molecule has 0 fully saturated rings. The number of ether oxygens (including phenoxy) is 1. The zero-order valence-corrected chi connectivity index (χ0v) is 10.5. The van der Waals surface area contributed by atoms with E-state index in [1.807, 2.05) is 20.9 Å². The van der Waals surface area contributed by atoms with E-state index >= 15 is 0 Å². The summed E-state index contributed by atoms with van der Waals surface area (Å²) in [5.41, 5.74) is 3.47. The van der Waals surface area contributed by atoms with Gasteiger partial charge in [0.05, 0.1) is 0 Å². The van der Waals surface area contributed by atoms with Gasteiger partial charge in [-0.1, -0.05) is 17.7 Å². The van der Waals surface area contributed by atoms with E-state index < -0.39 is 6.10 Å². The fourth-order valence-electron chi connectivity index (χ4n) is 1.87. The van der Waals surface area contributed by atoms with Crippen LogP contribution in [0.2, 0.25) is 0 Å². The number of rotatable bonds is 5. The number of benzene rings is 1. The van der Waals surface area contributed by atoms with Crippen LogP contribution < -0.4 is 10.1 Å². The second kappa shape index (κ2) is 5.87. The maximum Gasteiger partial charge on any atom is 0.125 e. The molecule has 1 aromatic rings. The highest BCUT2D eigenvalue weighted by Gasteiger charge is 2.08. The topological polar surface area (TPSA) is 41.5 Å². The van der Waals surface area contributed by atoms with Gasteiger partial charge < -0.3 is 15.2 Å². The van der Waals surface area contributed by atoms with Gasteiger partial charge in [-0.2, -0.15) is 0 Å². The Morgan fingerprint density at radius 1 is 1.25 bits per heavy atom. The molecule has 0 aliphatic heterocycles. The van der Waals surface area contributed by atoms with Crippen molar-refractivity contribution in [2.75, 3.05) is 20.2 Å². The predicted octanol–water partition coefficient (Wildman–Crippen LogP) is 1.57. The van der Waals surface area contributed by atoms with Crippen molar-refractivity contribution in [2.45, 2.75) is 26.9 Å². The van der Waals surface area contributed by atoms with E-state index in [1.165, 1.54) is 5.56 Å². The van der Waals surface area contributed by atoms with Gasteiger partial charge in [0.2, 0.25) is 0 Å². The summed E-state index contributed by atoms with van der Waals surface area (Å²) in [5, 5.41) is 12.5. The van der Waals surface area contributed by atoms with Crippen LogP contribution in [-0.2, 0) is 0 Å². The van der Waals surface area contributed by atoms with Gasteiger partial charge in [-0.15, -0.1) is 0 Å². The van der Waals surface area contributed by atoms with E-state index in [4.69, 9.17) is 4.74 Å². The van der Waals surface area contributed by atoms with Crippen LogP contribution in [0.1, 0.15) is 16.7 Å². The van der Waals surface area contributed by atoms with Crippen molar-refractivity contribution in [2.24, 2.45) is 0 Å². The highest BCUT2D eigenvalue weighted by Crippen LogP contribution is 2.24. The van der Waals surface area contributed by atoms with Crippen LogP contribution >= 0.6 is 0 Å². The Kier molecular flexibility index (Phi) is 4.77. The maximum absolute atomic E-state index is 9.56. The molecule has 2 N–H and O–H groups in total. The average Bonchev–Trinajstić information content (AvgIpc) is 2.16. The Balaban J connectivity index is 2.67. The molecule has 3 nitrogen and oxygen atoms in total. The molecule has 1 atom stereocenters. The van der Waals surface area contributed by atoms with Crippen molar-refractivity contribution in [3.8, 4) is 5.75 Å². The van der Waals surface area contributed by atoms with Crippen LogP contribution in [0, 0.1) is 20.8 Å². The highest BCUT2D eigenvalue weighted by molar-refractivity contribution is 5.42. The first-order chi connectivity index (χ1) is 7.54. The molecule has 0 aromatic heterocycles. The number of likely N-dealkylation sites (N-methyl/N-ethyl adjacent to an activating group) is 1. The van der Waals surface area contributed by atoms with Crippen LogP contribution in [0.25, 0.3) is 0 Å². The lowest BCUT2D eigenvalue weighted by Crippen LogP contribution is -2.29. The van der Waals surface area contributed by atoms with Gasteiger partial charge in [0.25, 0.3) is 0 Å². The van der Waals surface area contributed by atoms with E-state index in [9.17, 15) is 5.11 Å². The molecule has 1 unspecified atom stereocenters. The molecular formula is C13H21NO2. The number of aliphatic hydroxyl groups is 1. The molecule has 1 rings (SSSR count). The molecule has 1 aromatic carbocycles. The zero-order valence-electron chi connectivity index (χ0n) is 10.5. The molecule has 0 spiro atoms. The van der Waals surface area contributed by atoms with Crippen molar-refractivity contribution in [1.82, 2.24) is 5.32 Å². The quantitative estimate of drug-likeness (QED) is 0.796. The van der Waals surface area contributed by atoms with E-state index in [0.717, 1.165) is 16.9 Å². The lowest BCUT2D eigenvalue weighted by Gasteiger charge is -2.16. The first-order valence-corrected chi connectivity index (χ1v) is 5.58. The molecule has 16 heavy (non-hydrogen) atoms. The summed E-state index contributed by atoms with van der Waals surface area (Å²) in [7, 11) is 1.81. The molecule has 0 aliphatic rings. The van der Waals surface area contributed by atoms with Gasteiger partial charge in [-0.05, 0) is 38.9 Å². The number of aliphatic hydroxyl groups excluding tert-OH is 1.